The first-order valence-corrected chi connectivity index (χ1v) is 10.8. The Morgan fingerprint density at radius 2 is 1.85 bits per heavy atom. The second-order valence-corrected chi connectivity index (χ2v) is 8.09. The number of pyridine rings is 1. The van der Waals surface area contributed by atoms with Gasteiger partial charge in [0.15, 0.2) is 0 Å². The molecular weight excluding hydrogens is 422 g/mol. The van der Waals surface area contributed by atoms with Gasteiger partial charge in [-0.3, -0.25) is 29.6 Å². The maximum Gasteiger partial charge on any atom is 0.273 e. The molecule has 3 aromatic rings. The molecule has 9 heteroatoms. The number of nitrogens with zero attached hydrogens (tertiary/aromatic N) is 4. The van der Waals surface area contributed by atoms with Gasteiger partial charge in [-0.25, -0.2) is 0 Å². The monoisotopic (exact) mass is 447 g/mol. The molecule has 0 radical (unpaired) electrons. The summed E-state index contributed by atoms with van der Waals surface area (Å²) in [6.07, 6.45) is 1.80. The summed E-state index contributed by atoms with van der Waals surface area (Å²) in [7, 11) is 0. The SMILES string of the molecule is Cc1ccc(C(=O)NCC(=O)N2CCN(Cc3cccc4cccnc34)CC2)cc1[N+](=O)[O-]. The highest BCUT2D eigenvalue weighted by Gasteiger charge is 2.22. The van der Waals surface area contributed by atoms with Crippen LogP contribution in [0.15, 0.2) is 54.7 Å². The molecule has 4 rings (SSSR count). The van der Waals surface area contributed by atoms with Crippen molar-refractivity contribution in [3.8, 4) is 0 Å². The van der Waals surface area contributed by atoms with Crippen LogP contribution in [0.2, 0.25) is 0 Å². The molecule has 1 N–H and O–H groups in total. The van der Waals surface area contributed by atoms with Crippen LogP contribution in [0.1, 0.15) is 21.5 Å². The van der Waals surface area contributed by atoms with Gasteiger partial charge in [-0.05, 0) is 24.6 Å². The molecule has 0 saturated carbocycles. The minimum Gasteiger partial charge on any atom is -0.343 e. The number of aryl methyl sites for hydroxylation is 1. The number of aromatic nitrogens is 1. The number of fused-ring (bicyclic) bond motifs is 1. The van der Waals surface area contributed by atoms with Crippen molar-refractivity contribution in [2.75, 3.05) is 32.7 Å². The van der Waals surface area contributed by atoms with Gasteiger partial charge >= 0.3 is 0 Å². The quantitative estimate of drug-likeness (QED) is 0.459. The number of para-hydroxylation sites is 1. The van der Waals surface area contributed by atoms with Crippen molar-refractivity contribution < 1.29 is 14.5 Å². The van der Waals surface area contributed by atoms with E-state index in [0.29, 0.717) is 18.7 Å². The lowest BCUT2D eigenvalue weighted by Gasteiger charge is -2.35. The molecule has 1 aromatic heterocycles. The Bertz CT molecular complexity index is 1200. The fraction of sp³-hybridized carbons (Fsp3) is 0.292. The summed E-state index contributed by atoms with van der Waals surface area (Å²) < 4.78 is 0. The Hall–Kier alpha value is -3.85. The predicted octanol–water partition coefficient (Wildman–Crippen LogP) is 2.53. The van der Waals surface area contributed by atoms with Gasteiger partial charge in [0.25, 0.3) is 11.6 Å². The molecule has 2 heterocycles. The van der Waals surface area contributed by atoms with E-state index in [1.54, 1.807) is 18.0 Å². The minimum absolute atomic E-state index is 0.119. The maximum atomic E-state index is 12.6. The van der Waals surface area contributed by atoms with Crippen LogP contribution in [0.3, 0.4) is 0 Å². The molecule has 9 nitrogen and oxygen atoms in total. The molecule has 1 aliphatic rings. The van der Waals surface area contributed by atoms with E-state index in [2.05, 4.69) is 21.3 Å². The van der Waals surface area contributed by atoms with Crippen LogP contribution in [0.25, 0.3) is 10.9 Å². The molecule has 1 aliphatic heterocycles. The molecule has 0 atom stereocenters. The van der Waals surface area contributed by atoms with Crippen molar-refractivity contribution in [3.63, 3.8) is 0 Å². The smallest absolute Gasteiger partial charge is 0.273 e. The first-order valence-electron chi connectivity index (χ1n) is 10.8. The summed E-state index contributed by atoms with van der Waals surface area (Å²) in [5.74, 6) is -0.676. The van der Waals surface area contributed by atoms with E-state index in [1.807, 2.05) is 24.3 Å². The lowest BCUT2D eigenvalue weighted by Crippen LogP contribution is -2.50. The van der Waals surface area contributed by atoms with E-state index >= 15 is 0 Å². The Morgan fingerprint density at radius 3 is 2.61 bits per heavy atom. The van der Waals surface area contributed by atoms with Gasteiger partial charge in [-0.1, -0.05) is 30.3 Å². The number of benzene rings is 2. The average Bonchev–Trinajstić information content (AvgIpc) is 2.83. The normalized spacial score (nSPS) is 14.3. The number of nitro benzene ring substituents is 1. The molecule has 170 valence electrons. The van der Waals surface area contributed by atoms with Crippen molar-refractivity contribution in [2.24, 2.45) is 0 Å². The number of piperazine rings is 1. The van der Waals surface area contributed by atoms with Crippen LogP contribution in [-0.2, 0) is 11.3 Å². The van der Waals surface area contributed by atoms with Crippen LogP contribution in [0.5, 0.6) is 0 Å². The molecule has 0 bridgehead atoms. The summed E-state index contributed by atoms with van der Waals surface area (Å²) in [4.78, 5) is 44.0. The van der Waals surface area contributed by atoms with Crippen molar-refractivity contribution in [3.05, 3.63) is 81.5 Å². The van der Waals surface area contributed by atoms with Gasteiger partial charge in [-0.2, -0.15) is 0 Å². The molecule has 0 spiro atoms. The summed E-state index contributed by atoms with van der Waals surface area (Å²) in [6.45, 7) is 4.83. The molecule has 2 aromatic carbocycles. The van der Waals surface area contributed by atoms with Gasteiger partial charge in [0.1, 0.15) is 0 Å². The minimum atomic E-state index is -0.523. The van der Waals surface area contributed by atoms with Gasteiger partial charge in [0, 0.05) is 61.5 Å². The summed E-state index contributed by atoms with van der Waals surface area (Å²) in [5.41, 5.74) is 2.68. The van der Waals surface area contributed by atoms with E-state index < -0.39 is 10.8 Å². The number of hydrogen-bond donors (Lipinski definition) is 1. The molecule has 0 aliphatic carbocycles. The van der Waals surface area contributed by atoms with Crippen molar-refractivity contribution >= 4 is 28.4 Å². The van der Waals surface area contributed by atoms with Crippen molar-refractivity contribution in [1.82, 2.24) is 20.1 Å². The van der Waals surface area contributed by atoms with E-state index in [9.17, 15) is 19.7 Å². The molecule has 0 unspecified atom stereocenters. The second kappa shape index (κ2) is 9.74. The maximum absolute atomic E-state index is 12.6. The summed E-state index contributed by atoms with van der Waals surface area (Å²) >= 11 is 0. The van der Waals surface area contributed by atoms with Crippen molar-refractivity contribution in [1.29, 1.82) is 0 Å². The fourth-order valence-electron chi connectivity index (χ4n) is 4.01. The highest BCUT2D eigenvalue weighted by atomic mass is 16.6. The van der Waals surface area contributed by atoms with Crippen LogP contribution >= 0.6 is 0 Å². The topological polar surface area (TPSA) is 109 Å². The Balaban J connectivity index is 1.28. The molecule has 33 heavy (non-hydrogen) atoms. The van der Waals surface area contributed by atoms with Gasteiger partial charge < -0.3 is 10.2 Å². The highest BCUT2D eigenvalue weighted by Crippen LogP contribution is 2.20. The van der Waals surface area contributed by atoms with Gasteiger partial charge in [0.2, 0.25) is 5.91 Å². The molecule has 1 saturated heterocycles. The Morgan fingerprint density at radius 1 is 1.09 bits per heavy atom. The van der Waals surface area contributed by atoms with Gasteiger partial charge in [-0.15, -0.1) is 0 Å². The Kier molecular flexibility index (Phi) is 6.60. The lowest BCUT2D eigenvalue weighted by molar-refractivity contribution is -0.385. The third kappa shape index (κ3) is 5.15. The molecule has 2 amide bonds. The van der Waals surface area contributed by atoms with Crippen LogP contribution in [-0.4, -0.2) is 64.2 Å². The summed E-state index contributed by atoms with van der Waals surface area (Å²) in [5, 5.41) is 14.8. The zero-order valence-corrected chi connectivity index (χ0v) is 18.4. The zero-order valence-electron chi connectivity index (χ0n) is 18.4. The van der Waals surface area contributed by atoms with Crippen LogP contribution < -0.4 is 5.32 Å². The van der Waals surface area contributed by atoms with Crippen LogP contribution in [0.4, 0.5) is 5.69 Å². The third-order valence-electron chi connectivity index (χ3n) is 5.90. The van der Waals surface area contributed by atoms with Crippen molar-refractivity contribution in [2.45, 2.75) is 13.5 Å². The molecular formula is C24H25N5O4. The Labute approximate surface area is 191 Å². The third-order valence-corrected chi connectivity index (χ3v) is 5.90. The number of hydrogen-bond acceptors (Lipinski definition) is 6. The van der Waals surface area contributed by atoms with E-state index in [0.717, 1.165) is 36.1 Å². The first-order chi connectivity index (χ1) is 15.9. The number of nitrogens with one attached hydrogen (secondary N) is 1. The predicted molar refractivity (Wildman–Crippen MR) is 124 cm³/mol. The zero-order chi connectivity index (χ0) is 23.4. The van der Waals surface area contributed by atoms with Crippen LogP contribution in [0, 0.1) is 17.0 Å². The van der Waals surface area contributed by atoms with E-state index in [4.69, 9.17) is 0 Å². The number of amides is 2. The van der Waals surface area contributed by atoms with E-state index in [-0.39, 0.29) is 23.7 Å². The largest absolute Gasteiger partial charge is 0.343 e. The van der Waals surface area contributed by atoms with E-state index in [1.165, 1.54) is 18.2 Å². The van der Waals surface area contributed by atoms with Gasteiger partial charge in [0.05, 0.1) is 17.0 Å². The molecule has 1 fully saturated rings. The average molecular weight is 447 g/mol. The lowest BCUT2D eigenvalue weighted by atomic mass is 10.1. The summed E-state index contributed by atoms with van der Waals surface area (Å²) in [6, 6.07) is 14.4. The number of carbonyl (C=O) groups is 2. The number of rotatable bonds is 6. The second-order valence-electron chi connectivity index (χ2n) is 8.09. The number of carbonyl (C=O) groups excluding carboxylic acids is 2. The standard InChI is InChI=1S/C24H25N5O4/c1-17-7-8-19(14-21(17)29(32)33)24(31)26-15-22(30)28-12-10-27(11-13-28)16-20-5-2-4-18-6-3-9-25-23(18)20/h2-9,14H,10-13,15-16H2,1H3,(H,26,31). The first kappa shape index (κ1) is 22.3. The number of nitro groups is 1. The highest BCUT2D eigenvalue weighted by molar-refractivity contribution is 5.97. The fourth-order valence-corrected chi connectivity index (χ4v) is 4.01.